The predicted octanol–water partition coefficient (Wildman–Crippen LogP) is 3.33. The number of hydrogen-bond acceptors (Lipinski definition) is 4. The van der Waals surface area contributed by atoms with Gasteiger partial charge in [0.25, 0.3) is 10.1 Å². The Morgan fingerprint density at radius 2 is 1.80 bits per heavy atom. The summed E-state index contributed by atoms with van der Waals surface area (Å²) in [6.07, 6.45) is 3.40. The van der Waals surface area contributed by atoms with Crippen molar-refractivity contribution in [3.63, 3.8) is 0 Å². The van der Waals surface area contributed by atoms with E-state index in [9.17, 15) is 8.42 Å². The second-order valence-corrected chi connectivity index (χ2v) is 5.43. The minimum absolute atomic E-state index is 0.0457. The molecule has 0 saturated heterocycles. The summed E-state index contributed by atoms with van der Waals surface area (Å²) in [5.41, 5.74) is 0. The Morgan fingerprint density at radius 1 is 1.15 bits per heavy atom. The molecule has 0 aromatic heterocycles. The van der Waals surface area contributed by atoms with Crippen LogP contribution in [0.15, 0.2) is 52.5 Å². The van der Waals surface area contributed by atoms with Crippen LogP contribution in [0.4, 0.5) is 0 Å². The van der Waals surface area contributed by atoms with Gasteiger partial charge in [-0.25, -0.2) is 0 Å². The van der Waals surface area contributed by atoms with Crippen molar-refractivity contribution in [1.82, 2.24) is 0 Å². The van der Waals surface area contributed by atoms with E-state index in [1.807, 2.05) is 13.0 Å². The standard InChI is InChI=1S/C10H8O3S.C4H9NO/c11-14(12,13)10-7-3-5-8-4-1-2-6-9(8)10;1-2-3-4-5-6/h1-7H,(H,11,12,13);4,6H,2-3H2,1H3. The molecule has 0 amide bonds. The molecule has 0 bridgehead atoms. The minimum atomic E-state index is -4.13. The van der Waals surface area contributed by atoms with Crippen LogP contribution in [-0.2, 0) is 10.1 Å². The highest BCUT2D eigenvalue weighted by molar-refractivity contribution is 7.86. The first-order valence-electron chi connectivity index (χ1n) is 6.11. The molecule has 0 aliphatic carbocycles. The lowest BCUT2D eigenvalue weighted by atomic mass is 10.1. The van der Waals surface area contributed by atoms with Crippen molar-refractivity contribution in [1.29, 1.82) is 0 Å². The molecule has 0 unspecified atom stereocenters. The summed E-state index contributed by atoms with van der Waals surface area (Å²) in [7, 11) is -4.13. The van der Waals surface area contributed by atoms with Crippen LogP contribution in [-0.4, -0.2) is 24.4 Å². The van der Waals surface area contributed by atoms with Crippen molar-refractivity contribution in [2.24, 2.45) is 5.16 Å². The monoisotopic (exact) mass is 295 g/mol. The first-order chi connectivity index (χ1) is 9.50. The van der Waals surface area contributed by atoms with Gasteiger partial charge in [0.2, 0.25) is 0 Å². The largest absolute Gasteiger partial charge is 0.411 e. The predicted molar refractivity (Wildman–Crippen MR) is 78.9 cm³/mol. The molecule has 0 heterocycles. The lowest BCUT2D eigenvalue weighted by Gasteiger charge is -2.02. The smallest absolute Gasteiger partial charge is 0.295 e. The van der Waals surface area contributed by atoms with Crippen LogP contribution in [0.25, 0.3) is 10.8 Å². The number of nitrogens with zero attached hydrogens (tertiary/aromatic N) is 1. The molecule has 0 saturated carbocycles. The van der Waals surface area contributed by atoms with Crippen LogP contribution < -0.4 is 0 Å². The summed E-state index contributed by atoms with van der Waals surface area (Å²) in [4.78, 5) is -0.0457. The molecule has 2 rings (SSSR count). The summed E-state index contributed by atoms with van der Waals surface area (Å²) in [5, 5.41) is 11.9. The fourth-order valence-corrected chi connectivity index (χ4v) is 2.32. The maximum Gasteiger partial charge on any atom is 0.295 e. The van der Waals surface area contributed by atoms with Crippen LogP contribution in [0.2, 0.25) is 0 Å². The second kappa shape index (κ2) is 7.62. The zero-order valence-electron chi connectivity index (χ0n) is 11.1. The number of fused-ring (bicyclic) bond motifs is 1. The minimum Gasteiger partial charge on any atom is -0.411 e. The van der Waals surface area contributed by atoms with Crippen LogP contribution in [0.5, 0.6) is 0 Å². The van der Waals surface area contributed by atoms with Gasteiger partial charge in [-0.1, -0.05) is 49.7 Å². The number of oxime groups is 1. The molecule has 0 aliphatic heterocycles. The lowest BCUT2D eigenvalue weighted by Crippen LogP contribution is -1.98. The Morgan fingerprint density at radius 3 is 2.35 bits per heavy atom. The van der Waals surface area contributed by atoms with Crippen molar-refractivity contribution in [3.8, 4) is 0 Å². The van der Waals surface area contributed by atoms with Crippen molar-refractivity contribution < 1.29 is 18.2 Å². The van der Waals surface area contributed by atoms with Crippen molar-refractivity contribution in [3.05, 3.63) is 42.5 Å². The highest BCUT2D eigenvalue weighted by atomic mass is 32.2. The molecular formula is C14H17NO4S. The van der Waals surface area contributed by atoms with Gasteiger partial charge in [-0.3, -0.25) is 4.55 Å². The van der Waals surface area contributed by atoms with Gasteiger partial charge in [0.15, 0.2) is 0 Å². The van der Waals surface area contributed by atoms with E-state index in [0.717, 1.165) is 18.2 Å². The first-order valence-corrected chi connectivity index (χ1v) is 7.56. The van der Waals surface area contributed by atoms with Crippen molar-refractivity contribution in [2.75, 3.05) is 0 Å². The van der Waals surface area contributed by atoms with E-state index in [1.165, 1.54) is 12.3 Å². The average molecular weight is 295 g/mol. The van der Waals surface area contributed by atoms with Crippen LogP contribution in [0.1, 0.15) is 19.8 Å². The molecule has 108 valence electrons. The second-order valence-electron chi connectivity index (χ2n) is 4.04. The number of hydrogen-bond donors (Lipinski definition) is 2. The van der Waals surface area contributed by atoms with Gasteiger partial charge in [0, 0.05) is 11.6 Å². The zero-order valence-corrected chi connectivity index (χ0v) is 11.9. The topological polar surface area (TPSA) is 87.0 Å². The van der Waals surface area contributed by atoms with E-state index in [-0.39, 0.29) is 4.90 Å². The third-order valence-corrected chi connectivity index (χ3v) is 3.44. The highest BCUT2D eigenvalue weighted by Gasteiger charge is 2.12. The van der Waals surface area contributed by atoms with Crippen molar-refractivity contribution in [2.45, 2.75) is 24.7 Å². The molecular weight excluding hydrogens is 278 g/mol. The van der Waals surface area contributed by atoms with Gasteiger partial charge >= 0.3 is 0 Å². The fourth-order valence-electron chi connectivity index (χ4n) is 1.61. The van der Waals surface area contributed by atoms with Crippen LogP contribution in [0.3, 0.4) is 0 Å². The van der Waals surface area contributed by atoms with Gasteiger partial charge < -0.3 is 5.21 Å². The summed E-state index contributed by atoms with van der Waals surface area (Å²) < 4.78 is 31.0. The molecule has 2 aromatic carbocycles. The molecule has 6 heteroatoms. The number of unbranched alkanes of at least 4 members (excludes halogenated alkanes) is 1. The molecule has 5 nitrogen and oxygen atoms in total. The molecule has 0 radical (unpaired) electrons. The van der Waals surface area contributed by atoms with Gasteiger partial charge in [-0.15, -0.1) is 5.16 Å². The molecule has 0 aliphatic rings. The van der Waals surface area contributed by atoms with Gasteiger partial charge in [-0.2, -0.15) is 8.42 Å². The first kappa shape index (κ1) is 16.1. The maximum absolute atomic E-state index is 11.0. The lowest BCUT2D eigenvalue weighted by molar-refractivity contribution is 0.320. The third kappa shape index (κ3) is 4.64. The Hall–Kier alpha value is -1.92. The van der Waals surface area contributed by atoms with Gasteiger partial charge in [0.1, 0.15) is 4.90 Å². The Balaban J connectivity index is 0.000000286. The van der Waals surface area contributed by atoms with E-state index in [0.29, 0.717) is 5.39 Å². The van der Waals surface area contributed by atoms with E-state index in [4.69, 9.17) is 9.76 Å². The fraction of sp³-hybridized carbons (Fsp3) is 0.214. The molecule has 2 N–H and O–H groups in total. The van der Waals surface area contributed by atoms with E-state index in [1.54, 1.807) is 30.3 Å². The normalized spacial score (nSPS) is 11.3. The van der Waals surface area contributed by atoms with E-state index < -0.39 is 10.1 Å². The SMILES string of the molecule is CCCC=NO.O=S(=O)(O)c1cccc2ccccc12. The van der Waals surface area contributed by atoms with Crippen LogP contribution >= 0.6 is 0 Å². The van der Waals surface area contributed by atoms with Crippen LogP contribution in [0, 0.1) is 0 Å². The Bertz CT molecular complexity index is 675. The molecule has 2 aromatic rings. The quantitative estimate of drug-likeness (QED) is 0.393. The summed E-state index contributed by atoms with van der Waals surface area (Å²) in [6.45, 7) is 2.03. The van der Waals surface area contributed by atoms with E-state index >= 15 is 0 Å². The molecule has 0 atom stereocenters. The summed E-state index contributed by atoms with van der Waals surface area (Å²) in [6, 6.07) is 11.8. The Labute approximate surface area is 118 Å². The van der Waals surface area contributed by atoms with Gasteiger partial charge in [-0.05, 0) is 17.9 Å². The van der Waals surface area contributed by atoms with E-state index in [2.05, 4.69) is 5.16 Å². The summed E-state index contributed by atoms with van der Waals surface area (Å²) >= 11 is 0. The van der Waals surface area contributed by atoms with Gasteiger partial charge in [0.05, 0.1) is 0 Å². The number of rotatable bonds is 3. The van der Waals surface area contributed by atoms with Crippen molar-refractivity contribution >= 4 is 27.1 Å². The average Bonchev–Trinajstić information content (AvgIpc) is 2.44. The summed E-state index contributed by atoms with van der Waals surface area (Å²) in [5.74, 6) is 0. The Kier molecular flexibility index (Phi) is 6.14. The molecule has 0 spiro atoms. The highest BCUT2D eigenvalue weighted by Crippen LogP contribution is 2.21. The number of benzene rings is 2. The molecule has 0 fully saturated rings. The maximum atomic E-state index is 11.0. The zero-order chi connectivity index (χ0) is 15.0. The molecule has 20 heavy (non-hydrogen) atoms. The third-order valence-electron chi connectivity index (χ3n) is 2.53.